The van der Waals surface area contributed by atoms with Gasteiger partial charge in [0.05, 0.1) is 11.1 Å². The Labute approximate surface area is 198 Å². The summed E-state index contributed by atoms with van der Waals surface area (Å²) in [5.74, 6) is -0.528. The topological polar surface area (TPSA) is 114 Å². The van der Waals surface area contributed by atoms with E-state index in [1.54, 1.807) is 0 Å². The largest absolute Gasteiger partial charge is 0.438 e. The molecule has 2 amide bonds. The van der Waals surface area contributed by atoms with E-state index in [4.69, 9.17) is 4.74 Å². The van der Waals surface area contributed by atoms with Crippen LogP contribution >= 0.6 is 0 Å². The monoisotopic (exact) mass is 489 g/mol. The molecule has 1 aromatic carbocycles. The van der Waals surface area contributed by atoms with E-state index in [1.165, 1.54) is 24.3 Å². The third kappa shape index (κ3) is 6.53. The minimum Gasteiger partial charge on any atom is -0.438 e. The molecule has 0 spiro atoms. The van der Waals surface area contributed by atoms with Gasteiger partial charge in [-0.3, -0.25) is 9.59 Å². The zero-order chi connectivity index (χ0) is 24.3. The van der Waals surface area contributed by atoms with Gasteiger partial charge in [0.1, 0.15) is 17.1 Å². The van der Waals surface area contributed by atoms with E-state index < -0.39 is 21.6 Å². The second kappa shape index (κ2) is 10.1. The second-order valence-corrected chi connectivity index (χ2v) is 11.1. The molecule has 0 atom stereocenters. The number of rotatable bonds is 8. The lowest BCUT2D eigenvalue weighted by atomic mass is 9.91. The second-order valence-electron chi connectivity index (χ2n) is 9.09. The predicted molar refractivity (Wildman–Crippen MR) is 123 cm³/mol. The fourth-order valence-corrected chi connectivity index (χ4v) is 4.72. The molecular weight excluding hydrogens is 461 g/mol. The fourth-order valence-electron chi connectivity index (χ4n) is 4.07. The Hall–Kier alpha value is -3.01. The number of sulfone groups is 1. The molecule has 10 heteroatoms. The Morgan fingerprint density at radius 1 is 1.06 bits per heavy atom. The number of aromatic nitrogens is 1. The van der Waals surface area contributed by atoms with E-state index in [2.05, 4.69) is 15.6 Å². The minimum absolute atomic E-state index is 0.0547. The first-order chi connectivity index (χ1) is 16.2. The van der Waals surface area contributed by atoms with Crippen LogP contribution in [0.1, 0.15) is 55.3 Å². The van der Waals surface area contributed by atoms with Crippen LogP contribution in [0.15, 0.2) is 41.4 Å². The van der Waals surface area contributed by atoms with Crippen LogP contribution in [-0.4, -0.2) is 43.6 Å². The van der Waals surface area contributed by atoms with Crippen molar-refractivity contribution in [3.63, 3.8) is 0 Å². The van der Waals surface area contributed by atoms with Gasteiger partial charge in [-0.25, -0.2) is 17.8 Å². The summed E-state index contributed by atoms with van der Waals surface area (Å²) in [6.07, 6.45) is 7.77. The molecule has 0 bridgehead atoms. The van der Waals surface area contributed by atoms with Crippen molar-refractivity contribution in [2.45, 2.75) is 61.9 Å². The lowest BCUT2D eigenvalue weighted by Gasteiger charge is -2.29. The summed E-state index contributed by atoms with van der Waals surface area (Å²) in [4.78, 5) is 28.9. The van der Waals surface area contributed by atoms with Crippen LogP contribution in [0.4, 0.5) is 4.39 Å². The third-order valence-electron chi connectivity index (χ3n) is 6.11. The molecule has 2 saturated carbocycles. The summed E-state index contributed by atoms with van der Waals surface area (Å²) in [6, 6.07) is 6.82. The van der Waals surface area contributed by atoms with Gasteiger partial charge in [0.2, 0.25) is 11.8 Å². The number of nitrogens with one attached hydrogen (secondary N) is 2. The highest BCUT2D eigenvalue weighted by Gasteiger charge is 2.28. The summed E-state index contributed by atoms with van der Waals surface area (Å²) in [7, 11) is -3.45. The quantitative estimate of drug-likeness (QED) is 0.588. The van der Waals surface area contributed by atoms with Crippen LogP contribution in [0, 0.1) is 11.7 Å². The summed E-state index contributed by atoms with van der Waals surface area (Å²) in [6.45, 7) is 0. The third-order valence-corrected chi connectivity index (χ3v) is 7.22. The average molecular weight is 490 g/mol. The van der Waals surface area contributed by atoms with E-state index in [-0.39, 0.29) is 40.1 Å². The van der Waals surface area contributed by atoms with E-state index in [9.17, 15) is 22.4 Å². The van der Waals surface area contributed by atoms with Gasteiger partial charge in [-0.2, -0.15) is 0 Å². The summed E-state index contributed by atoms with van der Waals surface area (Å²) in [5.41, 5.74) is -0.0791. The zero-order valence-electron chi connectivity index (χ0n) is 18.9. The standard InChI is InChI=1S/C24H28FN3O5S/c1-34(31,32)20-4-2-3-19(13-20)33-24-21(12-16(25)14-26-24)23(30)28-18-9-7-17(8-10-18)27-22(29)11-15-5-6-15/h2-4,12-15,17-18H,5-11H2,1H3,(H,27,29)(H,28,30)/t17-,18+. The molecule has 1 aromatic heterocycles. The maximum atomic E-state index is 13.9. The van der Waals surface area contributed by atoms with Crippen LogP contribution in [-0.2, 0) is 14.6 Å². The average Bonchev–Trinajstić information content (AvgIpc) is 3.60. The summed E-state index contributed by atoms with van der Waals surface area (Å²) in [5, 5.41) is 5.99. The van der Waals surface area contributed by atoms with Crippen molar-refractivity contribution >= 4 is 21.7 Å². The predicted octanol–water partition coefficient (Wildman–Crippen LogP) is 3.37. The SMILES string of the molecule is CS(=O)(=O)c1cccc(Oc2ncc(F)cc2C(=O)N[C@H]2CC[C@@H](NC(=O)CC3CC3)CC2)c1. The van der Waals surface area contributed by atoms with Gasteiger partial charge in [-0.05, 0) is 68.7 Å². The number of carbonyl (C=O) groups excluding carboxylic acids is 2. The number of ether oxygens (including phenoxy) is 1. The van der Waals surface area contributed by atoms with Crippen molar-refractivity contribution in [3.05, 3.63) is 47.9 Å². The molecule has 0 radical (unpaired) electrons. The Morgan fingerprint density at radius 3 is 2.38 bits per heavy atom. The molecular formula is C24H28FN3O5S. The molecule has 0 aliphatic heterocycles. The van der Waals surface area contributed by atoms with Crippen molar-refractivity contribution in [2.24, 2.45) is 5.92 Å². The van der Waals surface area contributed by atoms with Gasteiger partial charge < -0.3 is 15.4 Å². The summed E-state index contributed by atoms with van der Waals surface area (Å²) < 4.78 is 43.2. The maximum absolute atomic E-state index is 13.9. The molecule has 2 aliphatic rings. The van der Waals surface area contributed by atoms with Crippen molar-refractivity contribution < 1.29 is 27.1 Å². The first kappa shape index (κ1) is 24.1. The van der Waals surface area contributed by atoms with Gasteiger partial charge in [0.25, 0.3) is 5.91 Å². The number of benzene rings is 1. The number of halogens is 1. The normalized spacial score (nSPS) is 20.4. The van der Waals surface area contributed by atoms with Crippen LogP contribution in [0.25, 0.3) is 0 Å². The van der Waals surface area contributed by atoms with Gasteiger partial charge in [-0.1, -0.05) is 6.07 Å². The van der Waals surface area contributed by atoms with Gasteiger partial charge >= 0.3 is 0 Å². The molecule has 0 unspecified atom stereocenters. The smallest absolute Gasteiger partial charge is 0.257 e. The molecule has 2 aromatic rings. The molecule has 2 N–H and O–H groups in total. The number of carbonyl (C=O) groups is 2. The fraction of sp³-hybridized carbons (Fsp3) is 0.458. The molecule has 2 aliphatic carbocycles. The number of amides is 2. The zero-order valence-corrected chi connectivity index (χ0v) is 19.7. The van der Waals surface area contributed by atoms with E-state index in [1.807, 2.05) is 0 Å². The van der Waals surface area contributed by atoms with Crippen LogP contribution in [0.5, 0.6) is 11.6 Å². The van der Waals surface area contributed by atoms with Crippen LogP contribution in [0.2, 0.25) is 0 Å². The molecule has 8 nitrogen and oxygen atoms in total. The highest BCUT2D eigenvalue weighted by Crippen LogP contribution is 2.32. The van der Waals surface area contributed by atoms with Crippen LogP contribution in [0.3, 0.4) is 0 Å². The lowest BCUT2D eigenvalue weighted by Crippen LogP contribution is -2.44. The van der Waals surface area contributed by atoms with Gasteiger partial charge in [0, 0.05) is 24.8 Å². The summed E-state index contributed by atoms with van der Waals surface area (Å²) >= 11 is 0. The maximum Gasteiger partial charge on any atom is 0.257 e. The minimum atomic E-state index is -3.45. The van der Waals surface area contributed by atoms with Crippen molar-refractivity contribution in [2.75, 3.05) is 6.26 Å². The molecule has 4 rings (SSSR count). The van der Waals surface area contributed by atoms with E-state index >= 15 is 0 Å². The molecule has 182 valence electrons. The molecule has 34 heavy (non-hydrogen) atoms. The van der Waals surface area contributed by atoms with Gasteiger partial charge in [0.15, 0.2) is 9.84 Å². The van der Waals surface area contributed by atoms with Gasteiger partial charge in [-0.15, -0.1) is 0 Å². The highest BCUT2D eigenvalue weighted by atomic mass is 32.2. The number of hydrogen-bond donors (Lipinski definition) is 2. The first-order valence-corrected chi connectivity index (χ1v) is 13.3. The Kier molecular flexibility index (Phi) is 7.16. The van der Waals surface area contributed by atoms with Crippen LogP contribution < -0.4 is 15.4 Å². The van der Waals surface area contributed by atoms with Crippen molar-refractivity contribution in [1.29, 1.82) is 0 Å². The van der Waals surface area contributed by atoms with E-state index in [0.29, 0.717) is 25.2 Å². The van der Waals surface area contributed by atoms with Crippen molar-refractivity contribution in [1.82, 2.24) is 15.6 Å². The lowest BCUT2D eigenvalue weighted by molar-refractivity contribution is -0.122. The Balaban J connectivity index is 1.38. The number of nitrogens with zero attached hydrogens (tertiary/aromatic N) is 1. The molecule has 2 fully saturated rings. The Morgan fingerprint density at radius 2 is 1.74 bits per heavy atom. The van der Waals surface area contributed by atoms with E-state index in [0.717, 1.165) is 44.2 Å². The Bertz CT molecular complexity index is 1170. The molecule has 0 saturated heterocycles. The number of hydrogen-bond acceptors (Lipinski definition) is 6. The number of pyridine rings is 1. The molecule has 1 heterocycles. The van der Waals surface area contributed by atoms with Crippen molar-refractivity contribution in [3.8, 4) is 11.6 Å². The first-order valence-electron chi connectivity index (χ1n) is 11.4. The highest BCUT2D eigenvalue weighted by molar-refractivity contribution is 7.90.